The van der Waals surface area contributed by atoms with E-state index >= 15 is 0 Å². The van der Waals surface area contributed by atoms with Crippen molar-refractivity contribution in [2.45, 2.75) is 26.8 Å². The third-order valence-corrected chi connectivity index (χ3v) is 4.44. The number of carbonyl (C=O) groups is 2. The molecule has 0 bridgehead atoms. The van der Waals surface area contributed by atoms with Crippen molar-refractivity contribution < 1.29 is 19.1 Å². The number of hydrogen-bond donors (Lipinski definition) is 1. The van der Waals surface area contributed by atoms with Gasteiger partial charge in [-0.1, -0.05) is 12.1 Å². The minimum atomic E-state index is -0.400. The maximum atomic E-state index is 12.9. The van der Waals surface area contributed by atoms with Gasteiger partial charge in [0.25, 0.3) is 5.91 Å². The lowest BCUT2D eigenvalue weighted by Crippen LogP contribution is -2.37. The molecular formula is C19H22N2O4. The Hall–Kier alpha value is -2.76. The van der Waals surface area contributed by atoms with Crippen LogP contribution in [0.3, 0.4) is 0 Å². The molecule has 1 amide bonds. The van der Waals surface area contributed by atoms with E-state index < -0.39 is 5.97 Å². The lowest BCUT2D eigenvalue weighted by atomic mass is 9.99. The van der Waals surface area contributed by atoms with E-state index in [0.717, 1.165) is 16.9 Å². The molecular weight excluding hydrogens is 320 g/mol. The molecule has 0 unspecified atom stereocenters. The van der Waals surface area contributed by atoms with Gasteiger partial charge >= 0.3 is 5.97 Å². The Morgan fingerprint density at radius 1 is 1.28 bits per heavy atom. The Morgan fingerprint density at radius 2 is 2.00 bits per heavy atom. The second-order valence-corrected chi connectivity index (χ2v) is 6.02. The van der Waals surface area contributed by atoms with Crippen molar-refractivity contribution in [3.8, 4) is 5.75 Å². The van der Waals surface area contributed by atoms with Crippen LogP contribution in [0.2, 0.25) is 0 Å². The summed E-state index contributed by atoms with van der Waals surface area (Å²) in [5.41, 5.74) is 3.53. The zero-order valence-corrected chi connectivity index (χ0v) is 14.7. The first-order valence-electron chi connectivity index (χ1n) is 8.36. The summed E-state index contributed by atoms with van der Waals surface area (Å²) in [5, 5.41) is 0. The summed E-state index contributed by atoms with van der Waals surface area (Å²) >= 11 is 0. The van der Waals surface area contributed by atoms with Crippen LogP contribution in [-0.2, 0) is 17.7 Å². The highest BCUT2D eigenvalue weighted by Crippen LogP contribution is 2.27. The first-order valence-corrected chi connectivity index (χ1v) is 8.36. The van der Waals surface area contributed by atoms with Crippen LogP contribution in [0.15, 0.2) is 24.3 Å². The van der Waals surface area contributed by atoms with Crippen molar-refractivity contribution in [2.75, 3.05) is 20.3 Å². The Labute approximate surface area is 146 Å². The number of nitrogens with one attached hydrogen (secondary N) is 1. The van der Waals surface area contributed by atoms with Crippen molar-refractivity contribution in [3.63, 3.8) is 0 Å². The number of aromatic nitrogens is 1. The lowest BCUT2D eigenvalue weighted by molar-refractivity contribution is 0.0518. The summed E-state index contributed by atoms with van der Waals surface area (Å²) < 4.78 is 10.2. The molecule has 1 aromatic carbocycles. The van der Waals surface area contributed by atoms with E-state index in [1.54, 1.807) is 18.9 Å². The number of carbonyl (C=O) groups excluding carboxylic acids is 2. The summed E-state index contributed by atoms with van der Waals surface area (Å²) in [5.74, 6) is 0.334. The number of aryl methyl sites for hydroxylation is 1. The van der Waals surface area contributed by atoms with Crippen molar-refractivity contribution in [3.05, 3.63) is 52.3 Å². The van der Waals surface area contributed by atoms with Crippen molar-refractivity contribution in [2.24, 2.45) is 0 Å². The van der Waals surface area contributed by atoms with Gasteiger partial charge in [0.15, 0.2) is 0 Å². The standard InChI is InChI=1S/C19H22N2O4/c1-4-25-19(23)17-15-9-10-21(18(22)16(15)12(2)20-17)11-13-5-7-14(24-3)8-6-13/h5-8,20H,4,9-11H2,1-3H3. The number of methoxy groups -OCH3 is 1. The summed E-state index contributed by atoms with van der Waals surface area (Å²) in [4.78, 5) is 29.8. The van der Waals surface area contributed by atoms with Crippen LogP contribution in [0.5, 0.6) is 5.75 Å². The van der Waals surface area contributed by atoms with Crippen LogP contribution in [0.1, 0.15) is 44.6 Å². The van der Waals surface area contributed by atoms with Gasteiger partial charge in [-0.05, 0) is 43.5 Å². The van der Waals surface area contributed by atoms with Gasteiger partial charge in [-0.3, -0.25) is 4.79 Å². The highest BCUT2D eigenvalue weighted by atomic mass is 16.5. The van der Waals surface area contributed by atoms with Gasteiger partial charge in [0.1, 0.15) is 11.4 Å². The zero-order valence-electron chi connectivity index (χ0n) is 14.7. The zero-order chi connectivity index (χ0) is 18.0. The minimum Gasteiger partial charge on any atom is -0.497 e. The normalized spacial score (nSPS) is 13.6. The van der Waals surface area contributed by atoms with Gasteiger partial charge in [0.05, 0.1) is 19.3 Å². The molecule has 0 fully saturated rings. The summed E-state index contributed by atoms with van der Waals surface area (Å²) in [6, 6.07) is 7.68. The molecule has 2 heterocycles. The lowest BCUT2D eigenvalue weighted by Gasteiger charge is -2.27. The van der Waals surface area contributed by atoms with E-state index in [-0.39, 0.29) is 5.91 Å². The number of amides is 1. The monoisotopic (exact) mass is 342 g/mol. The van der Waals surface area contributed by atoms with E-state index in [9.17, 15) is 9.59 Å². The molecule has 0 atom stereocenters. The molecule has 6 nitrogen and oxygen atoms in total. The van der Waals surface area contributed by atoms with Crippen molar-refractivity contribution >= 4 is 11.9 Å². The largest absolute Gasteiger partial charge is 0.497 e. The van der Waals surface area contributed by atoms with Crippen LogP contribution in [0.4, 0.5) is 0 Å². The Bertz CT molecular complexity index is 793. The first kappa shape index (κ1) is 17.1. The van der Waals surface area contributed by atoms with Crippen LogP contribution in [-0.4, -0.2) is 42.0 Å². The third kappa shape index (κ3) is 3.24. The number of esters is 1. The fraction of sp³-hybridized carbons (Fsp3) is 0.368. The first-order chi connectivity index (χ1) is 12.0. The average molecular weight is 342 g/mol. The number of aromatic amines is 1. The molecule has 0 spiro atoms. The molecule has 0 saturated carbocycles. The van der Waals surface area contributed by atoms with E-state index in [1.807, 2.05) is 31.2 Å². The van der Waals surface area contributed by atoms with Gasteiger partial charge in [-0.2, -0.15) is 0 Å². The molecule has 1 aliphatic rings. The third-order valence-electron chi connectivity index (χ3n) is 4.44. The van der Waals surface area contributed by atoms with E-state index in [4.69, 9.17) is 9.47 Å². The fourth-order valence-corrected chi connectivity index (χ4v) is 3.20. The van der Waals surface area contributed by atoms with Gasteiger partial charge in [-0.25, -0.2) is 4.79 Å². The van der Waals surface area contributed by atoms with Crippen molar-refractivity contribution in [1.29, 1.82) is 0 Å². The smallest absolute Gasteiger partial charge is 0.355 e. The maximum absolute atomic E-state index is 12.9. The molecule has 1 aromatic heterocycles. The quantitative estimate of drug-likeness (QED) is 0.848. The molecule has 2 aromatic rings. The fourth-order valence-electron chi connectivity index (χ4n) is 3.20. The minimum absolute atomic E-state index is 0.0543. The number of benzene rings is 1. The molecule has 0 radical (unpaired) electrons. The van der Waals surface area contributed by atoms with Crippen LogP contribution < -0.4 is 4.74 Å². The van der Waals surface area contributed by atoms with Gasteiger partial charge in [0, 0.05) is 18.8 Å². The predicted molar refractivity (Wildman–Crippen MR) is 92.9 cm³/mol. The number of H-pyrrole nitrogens is 1. The average Bonchev–Trinajstić information content (AvgIpc) is 2.96. The number of nitrogens with zero attached hydrogens (tertiary/aromatic N) is 1. The number of ether oxygens (including phenoxy) is 2. The molecule has 0 saturated heterocycles. The van der Waals surface area contributed by atoms with Gasteiger partial charge in [0.2, 0.25) is 0 Å². The van der Waals surface area contributed by atoms with Crippen molar-refractivity contribution in [1.82, 2.24) is 9.88 Å². The predicted octanol–water partition coefficient (Wildman–Crippen LogP) is 2.71. The second-order valence-electron chi connectivity index (χ2n) is 6.02. The van der Waals surface area contributed by atoms with Gasteiger partial charge < -0.3 is 19.4 Å². The van der Waals surface area contributed by atoms with Crippen LogP contribution in [0.25, 0.3) is 0 Å². The molecule has 25 heavy (non-hydrogen) atoms. The molecule has 132 valence electrons. The van der Waals surface area contributed by atoms with E-state index in [0.29, 0.717) is 43.1 Å². The Morgan fingerprint density at radius 3 is 2.64 bits per heavy atom. The van der Waals surface area contributed by atoms with Crippen LogP contribution in [0, 0.1) is 6.92 Å². The molecule has 6 heteroatoms. The molecule has 1 aliphatic heterocycles. The highest BCUT2D eigenvalue weighted by molar-refractivity contribution is 6.02. The summed E-state index contributed by atoms with van der Waals surface area (Å²) in [6.07, 6.45) is 0.635. The SMILES string of the molecule is CCOC(=O)c1[nH]c(C)c2c1CCN(Cc1ccc(OC)cc1)C2=O. The Balaban J connectivity index is 1.82. The maximum Gasteiger partial charge on any atom is 0.355 e. The Kier molecular flexibility index (Phi) is 4.79. The number of fused-ring (bicyclic) bond motifs is 1. The topological polar surface area (TPSA) is 71.6 Å². The van der Waals surface area contributed by atoms with Crippen LogP contribution >= 0.6 is 0 Å². The summed E-state index contributed by atoms with van der Waals surface area (Å²) in [7, 11) is 1.63. The van der Waals surface area contributed by atoms with E-state index in [2.05, 4.69) is 4.98 Å². The molecule has 3 rings (SSSR count). The highest BCUT2D eigenvalue weighted by Gasteiger charge is 2.32. The van der Waals surface area contributed by atoms with Gasteiger partial charge in [-0.15, -0.1) is 0 Å². The number of rotatable bonds is 5. The second kappa shape index (κ2) is 7.01. The van der Waals surface area contributed by atoms with E-state index in [1.165, 1.54) is 0 Å². The number of hydrogen-bond acceptors (Lipinski definition) is 4. The molecule has 0 aliphatic carbocycles. The molecule has 1 N–H and O–H groups in total. The summed E-state index contributed by atoms with van der Waals surface area (Å²) in [6.45, 7) is 4.99.